The number of thioether (sulfide) groups is 1. The summed E-state index contributed by atoms with van der Waals surface area (Å²) in [5.74, 6) is 1.61. The number of thiol groups is 1. The molecule has 1 aliphatic heterocycles. The molecule has 0 bridgehead atoms. The number of primary amides is 2. The van der Waals surface area contributed by atoms with E-state index in [1.54, 1.807) is 11.3 Å². The van der Waals surface area contributed by atoms with Crippen LogP contribution in [0.3, 0.4) is 0 Å². The molecule has 0 spiro atoms. The molecule has 0 aliphatic carbocycles. The van der Waals surface area contributed by atoms with Crippen LogP contribution in [0.4, 0.5) is 0 Å². The molecule has 12 nitrogen and oxygen atoms in total. The number of carbonyl (C=O) groups is 2. The number of rotatable bonds is 10. The Balaban J connectivity index is 0.000000198. The van der Waals surface area contributed by atoms with Crippen molar-refractivity contribution in [3.63, 3.8) is 0 Å². The van der Waals surface area contributed by atoms with Crippen molar-refractivity contribution >= 4 is 84.4 Å². The fraction of sp³-hybridized carbons (Fsp3) is 0.189. The summed E-state index contributed by atoms with van der Waals surface area (Å²) < 4.78 is 13.6. The van der Waals surface area contributed by atoms with Crippen LogP contribution in [0.1, 0.15) is 21.1 Å². The van der Waals surface area contributed by atoms with Crippen molar-refractivity contribution in [3.8, 4) is 17.6 Å². The van der Waals surface area contributed by atoms with Gasteiger partial charge in [0.2, 0.25) is 11.8 Å². The third-order valence-corrected chi connectivity index (χ3v) is 10.6. The van der Waals surface area contributed by atoms with Gasteiger partial charge in [-0.2, -0.15) is 17.9 Å². The minimum atomic E-state index is -0.594. The van der Waals surface area contributed by atoms with Gasteiger partial charge in [0, 0.05) is 18.6 Å². The molecule has 2 amide bonds. The Bertz CT molecular complexity index is 2170. The van der Waals surface area contributed by atoms with Gasteiger partial charge in [0.1, 0.15) is 46.9 Å². The molecule has 3 heterocycles. The number of fused-ring (bicyclic) bond motifs is 2. The van der Waals surface area contributed by atoms with Gasteiger partial charge >= 0.3 is 0 Å². The van der Waals surface area contributed by atoms with Gasteiger partial charge in [-0.3, -0.25) is 14.6 Å². The van der Waals surface area contributed by atoms with Crippen molar-refractivity contribution in [2.75, 3.05) is 18.6 Å². The first-order valence-electron chi connectivity index (χ1n) is 15.9. The third-order valence-electron chi connectivity index (χ3n) is 7.04. The van der Waals surface area contributed by atoms with Gasteiger partial charge in [-0.25, -0.2) is 9.97 Å². The average molecular weight is 788 g/mol. The van der Waals surface area contributed by atoms with Crippen molar-refractivity contribution in [3.05, 3.63) is 118 Å². The molecule has 0 saturated heterocycles. The first-order valence-corrected chi connectivity index (χ1v) is 19.1. The zero-order valence-corrected chi connectivity index (χ0v) is 31.8. The zero-order chi connectivity index (χ0) is 38.2. The van der Waals surface area contributed by atoms with Crippen molar-refractivity contribution < 1.29 is 24.2 Å². The molecule has 16 heteroatoms. The molecule has 1 aliphatic rings. The van der Waals surface area contributed by atoms with Crippen molar-refractivity contribution in [2.24, 2.45) is 22.2 Å². The van der Waals surface area contributed by atoms with Crippen molar-refractivity contribution in [1.82, 2.24) is 9.97 Å². The summed E-state index contributed by atoms with van der Waals surface area (Å²) in [5.41, 5.74) is 19.1. The van der Waals surface area contributed by atoms with E-state index in [1.807, 2.05) is 97.1 Å². The predicted octanol–water partition coefficient (Wildman–Crippen LogP) is 5.31. The molecule has 2 atom stereocenters. The Morgan fingerprint density at radius 2 is 1.40 bits per heavy atom. The maximum Gasteiger partial charge on any atom is 0.243 e. The zero-order valence-electron chi connectivity index (χ0n) is 28.5. The summed E-state index contributed by atoms with van der Waals surface area (Å²) in [6.07, 6.45) is 0. The lowest BCUT2D eigenvalue weighted by Crippen LogP contribution is -2.37. The molecule has 7 rings (SSSR count). The molecule has 0 unspecified atom stereocenters. The van der Waals surface area contributed by atoms with Crippen LogP contribution in [0.2, 0.25) is 0 Å². The molecular weight excluding hydrogens is 751 g/mol. The minimum absolute atomic E-state index is 0.315. The fourth-order valence-corrected chi connectivity index (χ4v) is 7.42. The summed E-state index contributed by atoms with van der Waals surface area (Å²) in [5, 5.41) is 17.9. The van der Waals surface area contributed by atoms with E-state index >= 15 is 0 Å². The first-order chi connectivity index (χ1) is 25.7. The highest BCUT2D eigenvalue weighted by Gasteiger charge is 2.25. The summed E-state index contributed by atoms with van der Waals surface area (Å²) in [4.78, 5) is 34.4. The summed E-state index contributed by atoms with van der Waals surface area (Å²) in [6, 6.07) is 32.6. The summed E-state index contributed by atoms with van der Waals surface area (Å²) in [6.45, 7) is 1.07. The molecule has 0 fully saturated rings. The lowest BCUT2D eigenvalue weighted by molar-refractivity contribution is -0.119. The topological polar surface area (TPSA) is 213 Å². The lowest BCUT2D eigenvalue weighted by atomic mass is 10.2. The Labute approximate surface area is 324 Å². The smallest absolute Gasteiger partial charge is 0.243 e. The second-order valence-corrected chi connectivity index (χ2v) is 14.2. The highest BCUT2D eigenvalue weighted by Crippen LogP contribution is 2.32. The SMILES string of the molecule is CO.N#Cc1nc2ccc(OCc3ccccc3)cc2s1.NC(=O)[C@H](N)CS.NC(=O)[C@H]1CSC(c2nc3ccc(OCc4ccccc4)cc3s2)=N1. The molecule has 7 N–H and O–H groups in total. The maximum atomic E-state index is 11.3. The molecular formula is C37H37N7O5S4. The van der Waals surface area contributed by atoms with Crippen LogP contribution in [0, 0.1) is 11.3 Å². The van der Waals surface area contributed by atoms with Crippen LogP contribution in [0.25, 0.3) is 20.4 Å². The van der Waals surface area contributed by atoms with Gasteiger partial charge in [-0.15, -0.1) is 34.4 Å². The number of nitrogens with two attached hydrogens (primary N) is 3. The average Bonchev–Trinajstić information content (AvgIpc) is 3.96. The number of aliphatic hydroxyl groups is 1. The predicted molar refractivity (Wildman–Crippen MR) is 217 cm³/mol. The van der Waals surface area contributed by atoms with E-state index in [0.29, 0.717) is 29.7 Å². The number of benzene rings is 4. The van der Waals surface area contributed by atoms with E-state index in [-0.39, 0.29) is 5.91 Å². The van der Waals surface area contributed by atoms with Gasteiger partial charge in [-0.05, 0) is 47.5 Å². The van der Waals surface area contributed by atoms with Crippen LogP contribution in [-0.2, 0) is 22.8 Å². The highest BCUT2D eigenvalue weighted by molar-refractivity contribution is 8.15. The van der Waals surface area contributed by atoms with Crippen molar-refractivity contribution in [1.29, 1.82) is 5.26 Å². The lowest BCUT2D eigenvalue weighted by Gasteiger charge is -2.05. The van der Waals surface area contributed by atoms with Gasteiger partial charge in [0.25, 0.3) is 0 Å². The van der Waals surface area contributed by atoms with Crippen LogP contribution in [0.15, 0.2) is 102 Å². The second-order valence-electron chi connectivity index (χ2n) is 10.8. The minimum Gasteiger partial charge on any atom is -0.489 e. The molecule has 2 aromatic heterocycles. The Hall–Kier alpha value is -5.02. The normalized spacial score (nSPS) is 13.5. The molecule has 0 saturated carbocycles. The van der Waals surface area contributed by atoms with Crippen LogP contribution in [-0.4, -0.2) is 62.6 Å². The number of thiazole rings is 2. The van der Waals surface area contributed by atoms with Crippen LogP contribution >= 0.6 is 47.1 Å². The highest BCUT2D eigenvalue weighted by atomic mass is 32.2. The number of nitriles is 1. The number of carbonyl (C=O) groups excluding carboxylic acids is 2. The second kappa shape index (κ2) is 20.9. The van der Waals surface area contributed by atoms with Gasteiger partial charge in [-0.1, -0.05) is 60.7 Å². The summed E-state index contributed by atoms with van der Waals surface area (Å²) >= 11 is 8.18. The number of nitrogens with zero attached hydrogens (tertiary/aromatic N) is 4. The number of hydrogen-bond acceptors (Lipinski definition) is 14. The molecule has 4 aromatic carbocycles. The standard InChI is InChI=1S/C18H15N3O2S2.C15H10N2OS.C3H8N2OS.CH4O/c19-16(22)14-10-24-17(21-14)18-20-13-7-6-12(8-15(13)25-18)23-9-11-4-2-1-3-5-11;16-9-15-17-13-7-6-12(8-14(13)19-15)18-10-11-4-2-1-3-5-11;4-2(1-7)3(5)6;1-2/h1-8,14H,9-10H2,(H2,19,22);1-8H,10H2;2,7H,1,4H2,(H2,5,6);2H,1H3/t14-;;2-;/m1.1./s1. The number of amides is 2. The number of aromatic nitrogens is 2. The van der Waals surface area contributed by atoms with Crippen LogP contribution < -0.4 is 26.7 Å². The van der Waals surface area contributed by atoms with E-state index in [0.717, 1.165) is 60.2 Å². The molecule has 6 aromatic rings. The van der Waals surface area contributed by atoms with E-state index < -0.39 is 18.0 Å². The van der Waals surface area contributed by atoms with E-state index in [1.165, 1.54) is 23.1 Å². The monoisotopic (exact) mass is 787 g/mol. The first kappa shape index (κ1) is 40.7. The molecule has 274 valence electrons. The number of aliphatic imine (C=N–C) groups is 1. The quantitative estimate of drug-likeness (QED) is 0.113. The van der Waals surface area contributed by atoms with Crippen LogP contribution in [0.5, 0.6) is 11.5 Å². The third kappa shape index (κ3) is 12.3. The van der Waals surface area contributed by atoms with Gasteiger partial charge in [0.15, 0.2) is 5.01 Å². The molecule has 0 radical (unpaired) electrons. The summed E-state index contributed by atoms with van der Waals surface area (Å²) in [7, 11) is 1.00. The number of hydrogen-bond donors (Lipinski definition) is 5. The Kier molecular flexibility index (Phi) is 16.0. The van der Waals surface area contributed by atoms with Gasteiger partial charge < -0.3 is 31.8 Å². The molecule has 53 heavy (non-hydrogen) atoms. The van der Waals surface area contributed by atoms with E-state index in [2.05, 4.69) is 33.7 Å². The van der Waals surface area contributed by atoms with E-state index in [4.69, 9.17) is 37.0 Å². The Morgan fingerprint density at radius 1 is 0.868 bits per heavy atom. The number of aliphatic hydroxyl groups excluding tert-OH is 1. The Morgan fingerprint density at radius 3 is 1.85 bits per heavy atom. The largest absolute Gasteiger partial charge is 0.489 e. The van der Waals surface area contributed by atoms with E-state index in [9.17, 15) is 9.59 Å². The fourth-order valence-electron chi connectivity index (χ4n) is 4.34. The van der Waals surface area contributed by atoms with Crippen molar-refractivity contribution in [2.45, 2.75) is 25.3 Å². The van der Waals surface area contributed by atoms with Gasteiger partial charge in [0.05, 0.1) is 26.5 Å². The number of ether oxygens (including phenoxy) is 2. The maximum absolute atomic E-state index is 11.3.